The lowest BCUT2D eigenvalue weighted by molar-refractivity contribution is -0.122. The molecule has 9 heteroatoms. The van der Waals surface area contributed by atoms with Crippen LogP contribution in [-0.4, -0.2) is 24.5 Å². The van der Waals surface area contributed by atoms with E-state index >= 15 is 0 Å². The zero-order chi connectivity index (χ0) is 26.7. The molecule has 1 heterocycles. The summed E-state index contributed by atoms with van der Waals surface area (Å²) in [5.41, 5.74) is 3.37. The van der Waals surface area contributed by atoms with Gasteiger partial charge in [0.25, 0.3) is 11.8 Å². The third kappa shape index (κ3) is 5.87. The summed E-state index contributed by atoms with van der Waals surface area (Å²) in [5.74, 6) is -0.813. The third-order valence-corrected chi connectivity index (χ3v) is 6.38. The van der Waals surface area contributed by atoms with Gasteiger partial charge in [-0.1, -0.05) is 57.4 Å². The third-order valence-electron chi connectivity index (χ3n) is 5.61. The molecule has 1 N–H and O–H groups in total. The fraction of sp³-hybridized carbons (Fsp3) is 0.179. The van der Waals surface area contributed by atoms with Gasteiger partial charge < -0.3 is 9.47 Å². The molecule has 1 saturated heterocycles. The van der Waals surface area contributed by atoms with Gasteiger partial charge in [-0.25, -0.2) is 9.69 Å². The summed E-state index contributed by atoms with van der Waals surface area (Å²) in [5, 5.41) is 2.49. The fourth-order valence-corrected chi connectivity index (χ4v) is 4.69. The Kier molecular flexibility index (Phi) is 8.00. The summed E-state index contributed by atoms with van der Waals surface area (Å²) in [6.45, 7) is 6.23. The molecule has 0 aromatic heterocycles. The van der Waals surface area contributed by atoms with Gasteiger partial charge in [-0.2, -0.15) is 0 Å². The van der Waals surface area contributed by atoms with Gasteiger partial charge >= 0.3 is 6.03 Å². The lowest BCUT2D eigenvalue weighted by Gasteiger charge is -2.27. The van der Waals surface area contributed by atoms with Crippen molar-refractivity contribution < 1.29 is 23.9 Å². The number of carbonyl (C=O) groups is 3. The lowest BCUT2D eigenvalue weighted by Crippen LogP contribution is -2.54. The molecule has 3 aromatic carbocycles. The molecule has 3 aromatic rings. The topological polar surface area (TPSA) is 84.9 Å². The Morgan fingerprint density at radius 3 is 2.51 bits per heavy atom. The molecule has 4 amide bonds. The number of nitrogens with zero attached hydrogens (tertiary/aromatic N) is 1. The number of ether oxygens (including phenoxy) is 2. The van der Waals surface area contributed by atoms with Gasteiger partial charge in [0.05, 0.1) is 17.3 Å². The number of barbiturate groups is 1. The number of anilines is 1. The highest BCUT2D eigenvalue weighted by molar-refractivity contribution is 9.10. The number of hydrogen-bond acceptors (Lipinski definition) is 5. The maximum absolute atomic E-state index is 13.3. The number of benzene rings is 3. The van der Waals surface area contributed by atoms with E-state index in [0.29, 0.717) is 34.9 Å². The SMILES string of the molecule is CCOc1cc(/C=C2/C(=O)NC(=O)N(c3ccc(Br)cc3C)C2=O)cc(Cl)c1OCc1cccc(C)c1. The van der Waals surface area contributed by atoms with E-state index in [0.717, 1.165) is 20.5 Å². The number of urea groups is 1. The summed E-state index contributed by atoms with van der Waals surface area (Å²) >= 11 is 9.92. The van der Waals surface area contributed by atoms with Crippen molar-refractivity contribution in [2.45, 2.75) is 27.4 Å². The highest BCUT2D eigenvalue weighted by Crippen LogP contribution is 2.38. The summed E-state index contributed by atoms with van der Waals surface area (Å²) in [6, 6.07) is 15.4. The van der Waals surface area contributed by atoms with E-state index in [1.54, 1.807) is 37.3 Å². The molecule has 0 aliphatic carbocycles. The highest BCUT2D eigenvalue weighted by Gasteiger charge is 2.37. The van der Waals surface area contributed by atoms with Crippen molar-refractivity contribution in [1.82, 2.24) is 5.32 Å². The van der Waals surface area contributed by atoms with E-state index in [1.807, 2.05) is 38.1 Å². The minimum absolute atomic E-state index is 0.214. The largest absolute Gasteiger partial charge is 0.490 e. The van der Waals surface area contributed by atoms with E-state index in [-0.39, 0.29) is 17.2 Å². The highest BCUT2D eigenvalue weighted by atomic mass is 79.9. The first kappa shape index (κ1) is 26.4. The number of hydrogen-bond donors (Lipinski definition) is 1. The van der Waals surface area contributed by atoms with Crippen LogP contribution in [0, 0.1) is 13.8 Å². The first-order chi connectivity index (χ1) is 17.7. The second-order valence-electron chi connectivity index (χ2n) is 8.43. The van der Waals surface area contributed by atoms with Crippen molar-refractivity contribution in [2.75, 3.05) is 11.5 Å². The average Bonchev–Trinajstić information content (AvgIpc) is 2.83. The number of aryl methyl sites for hydroxylation is 2. The van der Waals surface area contributed by atoms with Gasteiger partial charge in [0.2, 0.25) is 0 Å². The molecule has 7 nitrogen and oxygen atoms in total. The molecule has 0 atom stereocenters. The predicted molar refractivity (Wildman–Crippen MR) is 146 cm³/mol. The smallest absolute Gasteiger partial charge is 0.335 e. The van der Waals surface area contributed by atoms with Crippen LogP contribution in [0.5, 0.6) is 11.5 Å². The number of imide groups is 2. The minimum atomic E-state index is -0.814. The van der Waals surface area contributed by atoms with Crippen LogP contribution in [0.4, 0.5) is 10.5 Å². The van der Waals surface area contributed by atoms with Crippen LogP contribution < -0.4 is 19.7 Å². The van der Waals surface area contributed by atoms with E-state index in [1.165, 1.54) is 6.08 Å². The van der Waals surface area contributed by atoms with Gasteiger partial charge in [-0.05, 0) is 73.9 Å². The molecule has 0 unspecified atom stereocenters. The predicted octanol–water partition coefficient (Wildman–Crippen LogP) is 6.36. The van der Waals surface area contributed by atoms with Crippen molar-refractivity contribution in [2.24, 2.45) is 0 Å². The van der Waals surface area contributed by atoms with Crippen LogP contribution in [0.25, 0.3) is 6.08 Å². The monoisotopic (exact) mass is 582 g/mol. The number of carbonyl (C=O) groups excluding carboxylic acids is 3. The van der Waals surface area contributed by atoms with Crippen LogP contribution in [-0.2, 0) is 16.2 Å². The Morgan fingerprint density at radius 1 is 1.03 bits per heavy atom. The van der Waals surface area contributed by atoms with E-state index in [2.05, 4.69) is 21.2 Å². The summed E-state index contributed by atoms with van der Waals surface area (Å²) in [4.78, 5) is 39.5. The average molecular weight is 584 g/mol. The Hall–Kier alpha value is -3.62. The van der Waals surface area contributed by atoms with Crippen molar-refractivity contribution >= 4 is 57.1 Å². The van der Waals surface area contributed by atoms with Gasteiger partial charge in [0, 0.05) is 4.47 Å². The number of nitrogens with one attached hydrogen (secondary N) is 1. The normalized spacial score (nSPS) is 14.7. The second-order valence-corrected chi connectivity index (χ2v) is 9.75. The van der Waals surface area contributed by atoms with E-state index in [4.69, 9.17) is 21.1 Å². The molecule has 4 rings (SSSR count). The Bertz CT molecular complexity index is 1440. The molecule has 1 fully saturated rings. The summed E-state index contributed by atoms with van der Waals surface area (Å²) < 4.78 is 12.5. The van der Waals surface area contributed by atoms with Crippen molar-refractivity contribution in [3.05, 3.63) is 91.9 Å². The van der Waals surface area contributed by atoms with Crippen LogP contribution in [0.15, 0.2) is 64.6 Å². The zero-order valence-corrected chi connectivity index (χ0v) is 22.8. The Balaban J connectivity index is 1.67. The molecule has 0 saturated carbocycles. The maximum Gasteiger partial charge on any atom is 0.335 e. The quantitative estimate of drug-likeness (QED) is 0.258. The van der Waals surface area contributed by atoms with Crippen LogP contribution in [0.2, 0.25) is 5.02 Å². The fourth-order valence-electron chi connectivity index (χ4n) is 3.94. The Labute approximate surface area is 228 Å². The van der Waals surface area contributed by atoms with Crippen molar-refractivity contribution in [1.29, 1.82) is 0 Å². The van der Waals surface area contributed by atoms with Gasteiger partial charge in [0.1, 0.15) is 12.2 Å². The number of amides is 4. The number of halogens is 2. The van der Waals surface area contributed by atoms with Gasteiger partial charge in [-0.15, -0.1) is 0 Å². The van der Waals surface area contributed by atoms with Crippen LogP contribution in [0.3, 0.4) is 0 Å². The number of rotatable bonds is 7. The molecule has 1 aliphatic heterocycles. The van der Waals surface area contributed by atoms with E-state index in [9.17, 15) is 14.4 Å². The van der Waals surface area contributed by atoms with Gasteiger partial charge in [0.15, 0.2) is 11.5 Å². The molecule has 190 valence electrons. The first-order valence-electron chi connectivity index (χ1n) is 11.5. The summed E-state index contributed by atoms with van der Waals surface area (Å²) in [7, 11) is 0. The molecule has 1 aliphatic rings. The molecule has 0 bridgehead atoms. The van der Waals surface area contributed by atoms with Crippen molar-refractivity contribution in [3.8, 4) is 11.5 Å². The van der Waals surface area contributed by atoms with Crippen LogP contribution >= 0.6 is 27.5 Å². The molecule has 0 spiro atoms. The molecular formula is C28H24BrClN2O5. The standard InChI is InChI=1S/C28H24BrClN2O5/c1-4-36-24-14-19(13-22(30)25(24)37-15-18-7-5-6-16(2)10-18)12-21-26(33)31-28(35)32(27(21)34)23-9-8-20(29)11-17(23)3/h5-14H,4,15H2,1-3H3,(H,31,33,35)/b21-12-. The van der Waals surface area contributed by atoms with Gasteiger partial charge in [-0.3, -0.25) is 14.9 Å². The molecule has 0 radical (unpaired) electrons. The minimum Gasteiger partial charge on any atom is -0.490 e. The van der Waals surface area contributed by atoms with Crippen LogP contribution in [0.1, 0.15) is 29.2 Å². The zero-order valence-electron chi connectivity index (χ0n) is 20.4. The molecule has 37 heavy (non-hydrogen) atoms. The van der Waals surface area contributed by atoms with E-state index < -0.39 is 17.8 Å². The molecular weight excluding hydrogens is 560 g/mol. The summed E-state index contributed by atoms with van der Waals surface area (Å²) in [6.07, 6.45) is 1.38. The van der Waals surface area contributed by atoms with Crippen molar-refractivity contribution in [3.63, 3.8) is 0 Å². The first-order valence-corrected chi connectivity index (χ1v) is 12.7. The maximum atomic E-state index is 13.3. The lowest BCUT2D eigenvalue weighted by atomic mass is 10.1. The Morgan fingerprint density at radius 2 is 1.81 bits per heavy atom. The second kappa shape index (κ2) is 11.2.